The number of benzene rings is 1. The summed E-state index contributed by atoms with van der Waals surface area (Å²) in [4.78, 5) is 11.1. The van der Waals surface area contributed by atoms with Crippen LogP contribution in [0.15, 0.2) is 18.2 Å². The zero-order valence-corrected chi connectivity index (χ0v) is 9.51. The number of nitriles is 1. The molecule has 3 heteroatoms. The highest BCUT2D eigenvalue weighted by Crippen LogP contribution is 2.20. The van der Waals surface area contributed by atoms with Gasteiger partial charge in [-0.2, -0.15) is 5.26 Å². The van der Waals surface area contributed by atoms with E-state index in [1.807, 2.05) is 25.1 Å². The molecule has 1 atom stereocenters. The van der Waals surface area contributed by atoms with Gasteiger partial charge in [-0.1, -0.05) is 29.3 Å². The standard InChI is InChI=1S/C12H12ClNO/c1-8-3-4-12(13)10(5-8)6-11(7-14)9(2)15/h3-5,11H,6H2,1-2H3. The van der Waals surface area contributed by atoms with Gasteiger partial charge in [-0.05, 0) is 31.9 Å². The summed E-state index contributed by atoms with van der Waals surface area (Å²) in [6.07, 6.45) is 0.395. The minimum Gasteiger partial charge on any atom is -0.299 e. The molecule has 0 saturated heterocycles. The van der Waals surface area contributed by atoms with E-state index in [0.29, 0.717) is 11.4 Å². The van der Waals surface area contributed by atoms with E-state index in [1.54, 1.807) is 6.07 Å². The zero-order valence-electron chi connectivity index (χ0n) is 8.75. The number of carbonyl (C=O) groups excluding carboxylic acids is 1. The Morgan fingerprint density at radius 2 is 2.27 bits per heavy atom. The smallest absolute Gasteiger partial charge is 0.147 e. The van der Waals surface area contributed by atoms with Gasteiger partial charge in [-0.15, -0.1) is 0 Å². The zero-order chi connectivity index (χ0) is 11.4. The van der Waals surface area contributed by atoms with Crippen molar-refractivity contribution in [3.8, 4) is 6.07 Å². The predicted molar refractivity (Wildman–Crippen MR) is 59.7 cm³/mol. The molecule has 0 saturated carbocycles. The minimum atomic E-state index is -0.593. The lowest BCUT2D eigenvalue weighted by Gasteiger charge is -2.08. The molecule has 2 nitrogen and oxygen atoms in total. The molecule has 0 fully saturated rings. The molecule has 0 spiro atoms. The summed E-state index contributed by atoms with van der Waals surface area (Å²) in [5.74, 6) is -0.709. The van der Waals surface area contributed by atoms with Crippen LogP contribution in [0.4, 0.5) is 0 Å². The van der Waals surface area contributed by atoms with Crippen molar-refractivity contribution >= 4 is 17.4 Å². The second-order valence-corrected chi connectivity index (χ2v) is 4.00. The first-order chi connectivity index (χ1) is 7.04. The van der Waals surface area contributed by atoms with Crippen LogP contribution in [0.2, 0.25) is 5.02 Å². The Bertz CT molecular complexity index is 420. The molecule has 1 rings (SSSR count). The fourth-order valence-corrected chi connectivity index (χ4v) is 1.55. The van der Waals surface area contributed by atoms with Crippen molar-refractivity contribution in [1.82, 2.24) is 0 Å². The van der Waals surface area contributed by atoms with Crippen molar-refractivity contribution in [3.63, 3.8) is 0 Å². The topological polar surface area (TPSA) is 40.9 Å². The maximum absolute atomic E-state index is 11.1. The van der Waals surface area contributed by atoms with Crippen LogP contribution in [0.5, 0.6) is 0 Å². The highest BCUT2D eigenvalue weighted by molar-refractivity contribution is 6.31. The molecular formula is C12H12ClNO. The van der Waals surface area contributed by atoms with Crippen molar-refractivity contribution in [2.24, 2.45) is 5.92 Å². The van der Waals surface area contributed by atoms with Gasteiger partial charge in [-0.25, -0.2) is 0 Å². The van der Waals surface area contributed by atoms with Crippen LogP contribution in [0.1, 0.15) is 18.1 Å². The number of Topliss-reactive ketones (excluding diaryl/α,β-unsaturated/α-hetero) is 1. The monoisotopic (exact) mass is 221 g/mol. The number of aryl methyl sites for hydroxylation is 1. The normalized spacial score (nSPS) is 11.9. The van der Waals surface area contributed by atoms with Crippen molar-refractivity contribution in [2.45, 2.75) is 20.3 Å². The number of ketones is 1. The van der Waals surface area contributed by atoms with Crippen LogP contribution in [0.25, 0.3) is 0 Å². The van der Waals surface area contributed by atoms with Crippen molar-refractivity contribution < 1.29 is 4.79 Å². The molecule has 0 amide bonds. The Morgan fingerprint density at radius 1 is 1.60 bits per heavy atom. The van der Waals surface area contributed by atoms with Gasteiger partial charge in [0.05, 0.1) is 6.07 Å². The van der Waals surface area contributed by atoms with Gasteiger partial charge >= 0.3 is 0 Å². The molecule has 0 aliphatic carbocycles. The maximum Gasteiger partial charge on any atom is 0.147 e. The number of halogens is 1. The summed E-state index contributed by atoms with van der Waals surface area (Å²) < 4.78 is 0. The maximum atomic E-state index is 11.1. The first-order valence-electron chi connectivity index (χ1n) is 4.69. The molecule has 0 N–H and O–H groups in total. The molecule has 1 aromatic carbocycles. The van der Waals surface area contributed by atoms with Gasteiger partial charge < -0.3 is 0 Å². The minimum absolute atomic E-state index is 0.116. The lowest BCUT2D eigenvalue weighted by atomic mass is 9.96. The van der Waals surface area contributed by atoms with Crippen LogP contribution < -0.4 is 0 Å². The van der Waals surface area contributed by atoms with Crippen LogP contribution >= 0.6 is 11.6 Å². The Labute approximate surface area is 94.5 Å². The molecule has 0 aromatic heterocycles. The molecule has 0 aliphatic heterocycles. The molecule has 1 aromatic rings. The molecule has 0 bridgehead atoms. The van der Waals surface area contributed by atoms with E-state index < -0.39 is 5.92 Å². The molecule has 0 aliphatic rings. The van der Waals surface area contributed by atoms with Gasteiger partial charge in [0.2, 0.25) is 0 Å². The van der Waals surface area contributed by atoms with E-state index in [4.69, 9.17) is 16.9 Å². The second-order valence-electron chi connectivity index (χ2n) is 3.59. The summed E-state index contributed by atoms with van der Waals surface area (Å²) in [5.41, 5.74) is 1.94. The summed E-state index contributed by atoms with van der Waals surface area (Å²) in [7, 11) is 0. The summed E-state index contributed by atoms with van der Waals surface area (Å²) in [6.45, 7) is 3.38. The number of hydrogen-bond acceptors (Lipinski definition) is 2. The first kappa shape index (κ1) is 11.7. The number of rotatable bonds is 3. The summed E-state index contributed by atoms with van der Waals surface area (Å²) in [5, 5.41) is 9.42. The Kier molecular flexibility index (Phi) is 3.88. The van der Waals surface area contributed by atoms with Crippen LogP contribution in [0.3, 0.4) is 0 Å². The van der Waals surface area contributed by atoms with Crippen LogP contribution in [0, 0.1) is 24.2 Å². The molecule has 78 valence electrons. The van der Waals surface area contributed by atoms with Crippen molar-refractivity contribution in [1.29, 1.82) is 5.26 Å². The summed E-state index contributed by atoms with van der Waals surface area (Å²) >= 11 is 5.98. The highest BCUT2D eigenvalue weighted by Gasteiger charge is 2.15. The largest absolute Gasteiger partial charge is 0.299 e. The third-order valence-electron chi connectivity index (χ3n) is 2.27. The number of nitrogens with zero attached hydrogens (tertiary/aromatic N) is 1. The van der Waals surface area contributed by atoms with E-state index in [9.17, 15) is 4.79 Å². The number of hydrogen-bond donors (Lipinski definition) is 0. The second kappa shape index (κ2) is 4.95. The molecular weight excluding hydrogens is 210 g/mol. The molecule has 0 heterocycles. The third kappa shape index (κ3) is 3.07. The van der Waals surface area contributed by atoms with Gasteiger partial charge in [0.15, 0.2) is 0 Å². The Balaban J connectivity index is 2.93. The SMILES string of the molecule is CC(=O)C(C#N)Cc1cc(C)ccc1Cl. The summed E-state index contributed by atoms with van der Waals surface area (Å²) in [6, 6.07) is 7.60. The van der Waals surface area contributed by atoms with E-state index in [2.05, 4.69) is 0 Å². The molecule has 15 heavy (non-hydrogen) atoms. The average Bonchev–Trinajstić information content (AvgIpc) is 2.18. The average molecular weight is 222 g/mol. The fraction of sp³-hybridized carbons (Fsp3) is 0.333. The van der Waals surface area contributed by atoms with Crippen LogP contribution in [-0.2, 0) is 11.2 Å². The van der Waals surface area contributed by atoms with Gasteiger partial charge in [-0.3, -0.25) is 4.79 Å². The first-order valence-corrected chi connectivity index (χ1v) is 5.07. The number of carbonyl (C=O) groups is 1. The van der Waals surface area contributed by atoms with E-state index in [0.717, 1.165) is 11.1 Å². The predicted octanol–water partition coefficient (Wildman–Crippen LogP) is 2.92. The quantitative estimate of drug-likeness (QED) is 0.788. The highest BCUT2D eigenvalue weighted by atomic mass is 35.5. The van der Waals surface area contributed by atoms with Gasteiger partial charge in [0.25, 0.3) is 0 Å². The lowest BCUT2D eigenvalue weighted by Crippen LogP contribution is -2.11. The van der Waals surface area contributed by atoms with E-state index in [1.165, 1.54) is 6.92 Å². The van der Waals surface area contributed by atoms with Crippen LogP contribution in [-0.4, -0.2) is 5.78 Å². The Morgan fingerprint density at radius 3 is 2.80 bits per heavy atom. The van der Waals surface area contributed by atoms with Gasteiger partial charge in [0, 0.05) is 5.02 Å². The third-order valence-corrected chi connectivity index (χ3v) is 2.64. The van der Waals surface area contributed by atoms with Crippen molar-refractivity contribution in [3.05, 3.63) is 34.3 Å². The molecule has 1 unspecified atom stereocenters. The fourth-order valence-electron chi connectivity index (χ4n) is 1.36. The lowest BCUT2D eigenvalue weighted by molar-refractivity contribution is -0.119. The molecule has 0 radical (unpaired) electrons. The van der Waals surface area contributed by atoms with E-state index >= 15 is 0 Å². The van der Waals surface area contributed by atoms with Crippen molar-refractivity contribution in [2.75, 3.05) is 0 Å². The Hall–Kier alpha value is -1.33. The van der Waals surface area contributed by atoms with Gasteiger partial charge in [0.1, 0.15) is 11.7 Å². The van der Waals surface area contributed by atoms with E-state index in [-0.39, 0.29) is 5.78 Å².